The van der Waals surface area contributed by atoms with Crippen molar-refractivity contribution in [3.05, 3.63) is 12.2 Å². The van der Waals surface area contributed by atoms with Crippen LogP contribution in [0.25, 0.3) is 0 Å². The number of rotatable bonds is 4. The molecule has 2 N–H and O–H groups in total. The molecule has 12 heavy (non-hydrogen) atoms. The minimum absolute atomic E-state index is 0.0826. The van der Waals surface area contributed by atoms with Crippen LogP contribution in [-0.4, -0.2) is 23.2 Å². The van der Waals surface area contributed by atoms with Gasteiger partial charge in [-0.3, -0.25) is 4.84 Å². The average molecular weight is 173 g/mol. The van der Waals surface area contributed by atoms with Gasteiger partial charge in [0, 0.05) is 5.57 Å². The Morgan fingerprint density at radius 2 is 2.08 bits per heavy atom. The summed E-state index contributed by atoms with van der Waals surface area (Å²) in [6, 6.07) is 0. The quantitative estimate of drug-likeness (QED) is 0.491. The predicted octanol–water partition coefficient (Wildman–Crippen LogP) is 0.947. The highest BCUT2D eigenvalue weighted by atomic mass is 16.7. The highest BCUT2D eigenvalue weighted by Gasteiger charge is 2.11. The molecule has 0 rings (SSSR count). The zero-order chi connectivity index (χ0) is 9.78. The lowest BCUT2D eigenvalue weighted by molar-refractivity contribution is -0.133. The lowest BCUT2D eigenvalue weighted by Crippen LogP contribution is -2.31. The minimum atomic E-state index is -1.01. The van der Waals surface area contributed by atoms with Crippen molar-refractivity contribution in [1.82, 2.24) is 5.48 Å². The van der Waals surface area contributed by atoms with Crippen LogP contribution >= 0.6 is 0 Å². The largest absolute Gasteiger partial charge is 0.478 e. The Morgan fingerprint density at radius 3 is 2.42 bits per heavy atom. The van der Waals surface area contributed by atoms with E-state index in [1.807, 2.05) is 20.8 Å². The second kappa shape index (κ2) is 4.23. The van der Waals surface area contributed by atoms with Gasteiger partial charge in [-0.1, -0.05) is 6.58 Å². The second-order valence-electron chi connectivity index (χ2n) is 3.44. The first-order chi connectivity index (χ1) is 5.33. The standard InChI is InChI=1S/C8H15NO3/c1-6(7(10)11)5-9-12-8(2,3)4/h9H,1,5H2,2-4H3,(H,10,11). The predicted molar refractivity (Wildman–Crippen MR) is 45.6 cm³/mol. The van der Waals surface area contributed by atoms with Gasteiger partial charge >= 0.3 is 5.97 Å². The average Bonchev–Trinajstić information content (AvgIpc) is 1.84. The molecular weight excluding hydrogens is 158 g/mol. The number of nitrogens with one attached hydrogen (secondary N) is 1. The van der Waals surface area contributed by atoms with E-state index in [-0.39, 0.29) is 17.7 Å². The molecule has 0 aliphatic carbocycles. The number of carboxylic acid groups (broad SMARTS) is 1. The summed E-state index contributed by atoms with van der Waals surface area (Å²) in [5, 5.41) is 8.42. The van der Waals surface area contributed by atoms with Crippen LogP contribution in [0.1, 0.15) is 20.8 Å². The topological polar surface area (TPSA) is 58.6 Å². The monoisotopic (exact) mass is 173 g/mol. The third-order valence-corrected chi connectivity index (χ3v) is 0.966. The molecule has 0 aromatic rings. The van der Waals surface area contributed by atoms with Crippen molar-refractivity contribution in [2.24, 2.45) is 0 Å². The fourth-order valence-electron chi connectivity index (χ4n) is 0.415. The normalized spacial score (nSPS) is 11.2. The van der Waals surface area contributed by atoms with Gasteiger partial charge in [-0.25, -0.2) is 4.79 Å². The molecule has 70 valence electrons. The zero-order valence-electron chi connectivity index (χ0n) is 7.68. The Bertz CT molecular complexity index is 181. The van der Waals surface area contributed by atoms with Crippen LogP contribution in [0.5, 0.6) is 0 Å². The van der Waals surface area contributed by atoms with Crippen LogP contribution in [0.15, 0.2) is 12.2 Å². The van der Waals surface area contributed by atoms with Crippen molar-refractivity contribution >= 4 is 5.97 Å². The maximum atomic E-state index is 10.3. The van der Waals surface area contributed by atoms with Crippen LogP contribution in [0.4, 0.5) is 0 Å². The SMILES string of the molecule is C=C(CNOC(C)(C)C)C(=O)O. The number of aliphatic carboxylic acids is 1. The molecule has 0 heterocycles. The summed E-state index contributed by atoms with van der Waals surface area (Å²) in [6.07, 6.45) is 0. The first-order valence-corrected chi connectivity index (χ1v) is 3.65. The zero-order valence-corrected chi connectivity index (χ0v) is 7.68. The Labute approximate surface area is 72.2 Å². The van der Waals surface area contributed by atoms with E-state index in [1.54, 1.807) is 0 Å². The van der Waals surface area contributed by atoms with E-state index < -0.39 is 5.97 Å². The summed E-state index contributed by atoms with van der Waals surface area (Å²) in [6.45, 7) is 9.06. The fraction of sp³-hybridized carbons (Fsp3) is 0.625. The molecule has 0 aromatic heterocycles. The molecule has 0 saturated heterocycles. The molecule has 0 radical (unpaired) electrons. The van der Waals surface area contributed by atoms with Gasteiger partial charge in [0.2, 0.25) is 0 Å². The van der Waals surface area contributed by atoms with Crippen molar-refractivity contribution in [2.45, 2.75) is 26.4 Å². The van der Waals surface area contributed by atoms with E-state index in [0.29, 0.717) is 0 Å². The minimum Gasteiger partial charge on any atom is -0.478 e. The molecule has 0 saturated carbocycles. The van der Waals surface area contributed by atoms with Crippen molar-refractivity contribution in [3.8, 4) is 0 Å². The summed E-state index contributed by atoms with van der Waals surface area (Å²) in [5.74, 6) is -1.01. The van der Waals surface area contributed by atoms with E-state index in [2.05, 4.69) is 12.1 Å². The molecule has 0 spiro atoms. The van der Waals surface area contributed by atoms with Gasteiger partial charge in [0.05, 0.1) is 12.1 Å². The van der Waals surface area contributed by atoms with Crippen LogP contribution in [-0.2, 0) is 9.63 Å². The lowest BCUT2D eigenvalue weighted by Gasteiger charge is -2.19. The van der Waals surface area contributed by atoms with E-state index >= 15 is 0 Å². The number of carbonyl (C=O) groups is 1. The van der Waals surface area contributed by atoms with Gasteiger partial charge in [-0.05, 0) is 20.8 Å². The lowest BCUT2D eigenvalue weighted by atomic mass is 10.2. The Kier molecular flexibility index (Phi) is 3.92. The van der Waals surface area contributed by atoms with E-state index in [9.17, 15) is 4.79 Å². The Hall–Kier alpha value is -0.870. The maximum Gasteiger partial charge on any atom is 0.332 e. The van der Waals surface area contributed by atoms with Gasteiger partial charge in [-0.15, -0.1) is 0 Å². The van der Waals surface area contributed by atoms with Crippen LogP contribution < -0.4 is 5.48 Å². The fourth-order valence-corrected chi connectivity index (χ4v) is 0.415. The smallest absolute Gasteiger partial charge is 0.332 e. The van der Waals surface area contributed by atoms with Gasteiger partial charge in [0.1, 0.15) is 0 Å². The van der Waals surface area contributed by atoms with Crippen molar-refractivity contribution < 1.29 is 14.7 Å². The summed E-state index contributed by atoms with van der Waals surface area (Å²) in [7, 11) is 0. The van der Waals surface area contributed by atoms with Gasteiger partial charge in [0.25, 0.3) is 0 Å². The first-order valence-electron chi connectivity index (χ1n) is 3.65. The van der Waals surface area contributed by atoms with Crippen molar-refractivity contribution in [3.63, 3.8) is 0 Å². The van der Waals surface area contributed by atoms with Gasteiger partial charge in [0.15, 0.2) is 0 Å². The summed E-state index contributed by atoms with van der Waals surface area (Å²) < 4.78 is 0. The highest BCUT2D eigenvalue weighted by molar-refractivity contribution is 5.86. The van der Waals surface area contributed by atoms with E-state index in [0.717, 1.165) is 0 Å². The molecule has 0 atom stereocenters. The highest BCUT2D eigenvalue weighted by Crippen LogP contribution is 2.03. The molecule has 0 unspecified atom stereocenters. The van der Waals surface area contributed by atoms with E-state index in [4.69, 9.17) is 9.94 Å². The summed E-state index contributed by atoms with van der Waals surface area (Å²) in [5.41, 5.74) is 2.29. The van der Waals surface area contributed by atoms with Gasteiger partial charge < -0.3 is 5.11 Å². The third kappa shape index (κ3) is 5.88. The summed E-state index contributed by atoms with van der Waals surface area (Å²) >= 11 is 0. The van der Waals surface area contributed by atoms with Crippen LogP contribution in [0, 0.1) is 0 Å². The number of carboxylic acids is 1. The Balaban J connectivity index is 3.58. The first kappa shape index (κ1) is 11.1. The van der Waals surface area contributed by atoms with E-state index in [1.165, 1.54) is 0 Å². The number of hydrogen-bond donors (Lipinski definition) is 2. The molecule has 4 nitrogen and oxygen atoms in total. The molecule has 0 fully saturated rings. The molecule has 0 aliphatic rings. The maximum absolute atomic E-state index is 10.3. The molecule has 0 bridgehead atoms. The molecular formula is C8H15NO3. The molecule has 0 amide bonds. The Morgan fingerprint density at radius 1 is 1.58 bits per heavy atom. The van der Waals surface area contributed by atoms with Crippen molar-refractivity contribution in [2.75, 3.05) is 6.54 Å². The van der Waals surface area contributed by atoms with Crippen LogP contribution in [0.2, 0.25) is 0 Å². The number of hydrogen-bond acceptors (Lipinski definition) is 3. The number of hydroxylamine groups is 1. The van der Waals surface area contributed by atoms with Crippen molar-refractivity contribution in [1.29, 1.82) is 0 Å². The molecule has 0 aliphatic heterocycles. The van der Waals surface area contributed by atoms with Gasteiger partial charge in [-0.2, -0.15) is 5.48 Å². The van der Waals surface area contributed by atoms with Crippen LogP contribution in [0.3, 0.4) is 0 Å². The molecule has 4 heteroatoms. The second-order valence-corrected chi connectivity index (χ2v) is 3.44. The summed E-state index contributed by atoms with van der Waals surface area (Å²) in [4.78, 5) is 15.3. The molecule has 0 aromatic carbocycles. The third-order valence-electron chi connectivity index (χ3n) is 0.966.